The lowest BCUT2D eigenvalue weighted by atomic mass is 10.1. The summed E-state index contributed by atoms with van der Waals surface area (Å²) in [5.41, 5.74) is 0.856. The molecule has 0 radical (unpaired) electrons. The van der Waals surface area contributed by atoms with E-state index in [0.717, 1.165) is 16.5 Å². The molecule has 0 saturated carbocycles. The summed E-state index contributed by atoms with van der Waals surface area (Å²) in [6.45, 7) is 5.84. The molecular formula is C24H30BrClN2O4. The highest BCUT2D eigenvalue weighted by Gasteiger charge is 2.29. The second-order valence-corrected chi connectivity index (χ2v) is 8.80. The van der Waals surface area contributed by atoms with Crippen molar-refractivity contribution in [1.82, 2.24) is 10.2 Å². The number of carbonyl (C=O) groups excluding carboxylic acids is 2. The van der Waals surface area contributed by atoms with Gasteiger partial charge in [0.05, 0.1) is 12.1 Å². The van der Waals surface area contributed by atoms with Crippen LogP contribution < -0.4 is 14.8 Å². The lowest BCUT2D eigenvalue weighted by molar-refractivity contribution is -0.143. The van der Waals surface area contributed by atoms with Gasteiger partial charge in [-0.3, -0.25) is 9.59 Å². The molecule has 0 saturated heterocycles. The quantitative estimate of drug-likeness (QED) is 0.437. The van der Waals surface area contributed by atoms with Crippen LogP contribution in [0.2, 0.25) is 5.02 Å². The fourth-order valence-corrected chi connectivity index (χ4v) is 3.87. The number of benzene rings is 2. The van der Waals surface area contributed by atoms with Crippen LogP contribution in [0, 0.1) is 0 Å². The molecule has 0 heterocycles. The van der Waals surface area contributed by atoms with Crippen molar-refractivity contribution >= 4 is 39.3 Å². The van der Waals surface area contributed by atoms with Crippen molar-refractivity contribution < 1.29 is 19.1 Å². The molecule has 0 aliphatic rings. The lowest BCUT2D eigenvalue weighted by Gasteiger charge is -2.31. The standard InChI is InChI=1S/C24H30BrClN2O4/c1-5-16(3)27-24(30)21(6-2)28(14-17-8-7-9-19(12-17)31-4)23(29)15-32-22-11-10-18(25)13-20(22)26/h7-13,16,21H,5-6,14-15H2,1-4H3,(H,27,30). The number of nitrogens with one attached hydrogen (secondary N) is 1. The van der Waals surface area contributed by atoms with Crippen LogP contribution in [0.5, 0.6) is 11.5 Å². The molecule has 2 unspecified atom stereocenters. The van der Waals surface area contributed by atoms with Gasteiger partial charge in [0.15, 0.2) is 6.61 Å². The van der Waals surface area contributed by atoms with E-state index in [4.69, 9.17) is 21.1 Å². The third-order valence-electron chi connectivity index (χ3n) is 5.12. The van der Waals surface area contributed by atoms with Crippen LogP contribution in [0.25, 0.3) is 0 Å². The van der Waals surface area contributed by atoms with Gasteiger partial charge in [0, 0.05) is 17.1 Å². The van der Waals surface area contributed by atoms with Crippen molar-refractivity contribution in [3.63, 3.8) is 0 Å². The molecule has 2 rings (SSSR count). The lowest BCUT2D eigenvalue weighted by Crippen LogP contribution is -2.51. The Hall–Kier alpha value is -2.25. The van der Waals surface area contributed by atoms with Crippen LogP contribution in [0.3, 0.4) is 0 Å². The molecule has 0 fully saturated rings. The summed E-state index contributed by atoms with van der Waals surface area (Å²) in [4.78, 5) is 27.8. The maximum atomic E-state index is 13.3. The molecule has 0 spiro atoms. The third-order valence-corrected chi connectivity index (χ3v) is 5.91. The second-order valence-electron chi connectivity index (χ2n) is 7.48. The Morgan fingerprint density at radius 3 is 2.53 bits per heavy atom. The van der Waals surface area contributed by atoms with Crippen LogP contribution in [0.15, 0.2) is 46.9 Å². The van der Waals surface area contributed by atoms with Crippen molar-refractivity contribution in [1.29, 1.82) is 0 Å². The summed E-state index contributed by atoms with van der Waals surface area (Å²) < 4.78 is 11.8. The molecular weight excluding hydrogens is 496 g/mol. The Morgan fingerprint density at radius 1 is 1.16 bits per heavy atom. The van der Waals surface area contributed by atoms with Gasteiger partial charge in [-0.2, -0.15) is 0 Å². The van der Waals surface area contributed by atoms with E-state index in [1.807, 2.05) is 45.0 Å². The maximum absolute atomic E-state index is 13.3. The molecule has 1 N–H and O–H groups in total. The summed E-state index contributed by atoms with van der Waals surface area (Å²) in [7, 11) is 1.59. The van der Waals surface area contributed by atoms with Crippen molar-refractivity contribution in [2.45, 2.75) is 52.2 Å². The van der Waals surface area contributed by atoms with Crippen LogP contribution in [0.1, 0.15) is 39.2 Å². The largest absolute Gasteiger partial charge is 0.497 e. The smallest absolute Gasteiger partial charge is 0.261 e. The number of carbonyl (C=O) groups is 2. The number of halogens is 2. The van der Waals surface area contributed by atoms with Gasteiger partial charge >= 0.3 is 0 Å². The molecule has 2 aromatic carbocycles. The highest BCUT2D eigenvalue weighted by Crippen LogP contribution is 2.28. The van der Waals surface area contributed by atoms with E-state index in [9.17, 15) is 9.59 Å². The van der Waals surface area contributed by atoms with Gasteiger partial charge in [-0.05, 0) is 55.7 Å². The highest BCUT2D eigenvalue weighted by atomic mass is 79.9. The SMILES string of the molecule is CCC(C)NC(=O)C(CC)N(Cc1cccc(OC)c1)C(=O)COc1ccc(Br)cc1Cl. The zero-order chi connectivity index (χ0) is 23.7. The first-order chi connectivity index (χ1) is 15.3. The van der Waals surface area contributed by atoms with E-state index in [1.54, 1.807) is 30.2 Å². The van der Waals surface area contributed by atoms with Gasteiger partial charge < -0.3 is 19.7 Å². The number of nitrogens with zero attached hydrogens (tertiary/aromatic N) is 1. The Labute approximate surface area is 203 Å². The summed E-state index contributed by atoms with van der Waals surface area (Å²) in [6, 6.07) is 12.0. The van der Waals surface area contributed by atoms with Crippen LogP contribution in [-0.2, 0) is 16.1 Å². The van der Waals surface area contributed by atoms with E-state index < -0.39 is 6.04 Å². The minimum Gasteiger partial charge on any atom is -0.497 e. The van der Waals surface area contributed by atoms with Gasteiger partial charge in [-0.15, -0.1) is 0 Å². The molecule has 0 aliphatic heterocycles. The van der Waals surface area contributed by atoms with E-state index in [-0.39, 0.29) is 31.0 Å². The van der Waals surface area contributed by atoms with E-state index in [2.05, 4.69) is 21.2 Å². The summed E-state index contributed by atoms with van der Waals surface area (Å²) in [6.07, 6.45) is 1.27. The molecule has 32 heavy (non-hydrogen) atoms. The molecule has 8 heteroatoms. The topological polar surface area (TPSA) is 67.9 Å². The molecule has 2 aromatic rings. The minimum atomic E-state index is -0.633. The first kappa shape index (κ1) is 26.0. The Balaban J connectivity index is 2.25. The van der Waals surface area contributed by atoms with Crippen molar-refractivity contribution in [2.75, 3.05) is 13.7 Å². The molecule has 0 aliphatic carbocycles. The first-order valence-electron chi connectivity index (χ1n) is 10.6. The highest BCUT2D eigenvalue weighted by molar-refractivity contribution is 9.10. The van der Waals surface area contributed by atoms with Gasteiger partial charge in [-0.1, -0.05) is 53.5 Å². The van der Waals surface area contributed by atoms with E-state index >= 15 is 0 Å². The molecule has 2 atom stereocenters. The number of methoxy groups -OCH3 is 1. The fourth-order valence-electron chi connectivity index (χ4n) is 3.14. The van der Waals surface area contributed by atoms with Crippen LogP contribution in [-0.4, -0.2) is 42.5 Å². The number of rotatable bonds is 11. The first-order valence-corrected chi connectivity index (χ1v) is 11.8. The molecule has 2 amide bonds. The van der Waals surface area contributed by atoms with Crippen LogP contribution in [0.4, 0.5) is 0 Å². The maximum Gasteiger partial charge on any atom is 0.261 e. The average molecular weight is 526 g/mol. The molecule has 174 valence electrons. The van der Waals surface area contributed by atoms with Gasteiger partial charge in [0.2, 0.25) is 5.91 Å². The zero-order valence-corrected chi connectivity index (χ0v) is 21.2. The predicted octanol–water partition coefficient (Wildman–Crippen LogP) is 5.21. The van der Waals surface area contributed by atoms with Gasteiger partial charge in [0.1, 0.15) is 17.5 Å². The predicted molar refractivity (Wildman–Crippen MR) is 130 cm³/mol. The van der Waals surface area contributed by atoms with E-state index in [0.29, 0.717) is 22.9 Å². The van der Waals surface area contributed by atoms with E-state index in [1.165, 1.54) is 0 Å². The van der Waals surface area contributed by atoms with Crippen molar-refractivity contribution in [3.8, 4) is 11.5 Å². The Morgan fingerprint density at radius 2 is 1.91 bits per heavy atom. The third kappa shape index (κ3) is 7.41. The number of amides is 2. The summed E-state index contributed by atoms with van der Waals surface area (Å²) in [5, 5.41) is 3.39. The Bertz CT molecular complexity index is 925. The van der Waals surface area contributed by atoms with Gasteiger partial charge in [0.25, 0.3) is 5.91 Å². The monoisotopic (exact) mass is 524 g/mol. The van der Waals surface area contributed by atoms with Crippen molar-refractivity contribution in [2.24, 2.45) is 0 Å². The number of ether oxygens (including phenoxy) is 2. The number of hydrogen-bond donors (Lipinski definition) is 1. The molecule has 0 aromatic heterocycles. The summed E-state index contributed by atoms with van der Waals surface area (Å²) >= 11 is 9.56. The minimum absolute atomic E-state index is 0.0168. The van der Waals surface area contributed by atoms with Gasteiger partial charge in [-0.25, -0.2) is 0 Å². The molecule has 0 bridgehead atoms. The Kier molecular flexibility index (Phi) is 10.3. The van der Waals surface area contributed by atoms with Crippen molar-refractivity contribution in [3.05, 3.63) is 57.5 Å². The average Bonchev–Trinajstić information content (AvgIpc) is 2.78. The zero-order valence-electron chi connectivity index (χ0n) is 18.9. The number of hydrogen-bond acceptors (Lipinski definition) is 4. The summed E-state index contributed by atoms with van der Waals surface area (Å²) in [5.74, 6) is 0.601. The van der Waals surface area contributed by atoms with Crippen LogP contribution >= 0.6 is 27.5 Å². The molecule has 6 nitrogen and oxygen atoms in total. The normalized spacial score (nSPS) is 12.6. The second kappa shape index (κ2) is 12.7. The fraction of sp³-hybridized carbons (Fsp3) is 0.417.